The number of aromatic amines is 1. The molecular weight excluding hydrogens is 201 g/mol. The fraction of sp³-hybridized carbons (Fsp3) is 0.143. The van der Waals surface area contributed by atoms with E-state index in [1.165, 1.54) is 0 Å². The van der Waals surface area contributed by atoms with Gasteiger partial charge in [0.15, 0.2) is 0 Å². The highest BCUT2D eigenvalue weighted by molar-refractivity contribution is 5.84. The molecule has 76 valence electrons. The van der Waals surface area contributed by atoms with E-state index in [1.54, 1.807) is 5.10 Å². The number of carbonyl (C=O) groups is 1. The summed E-state index contributed by atoms with van der Waals surface area (Å²) in [5.74, 6) is -1.25. The Hall–Kier alpha value is -1.79. The number of alkyl halides is 3. The number of carboxylic acid groups (broad SMARTS) is 1. The first-order valence-corrected chi connectivity index (χ1v) is 3.43. The normalized spacial score (nSPS) is 12.2. The summed E-state index contributed by atoms with van der Waals surface area (Å²) in [4.78, 5) is 10.0. The van der Waals surface area contributed by atoms with Gasteiger partial charge in [-0.25, -0.2) is 4.79 Å². The summed E-state index contributed by atoms with van der Waals surface area (Å²) in [7, 11) is 0. The van der Waals surface area contributed by atoms with E-state index in [0.29, 0.717) is 6.08 Å². The number of hydrogen-bond donors (Lipinski definition) is 2. The lowest BCUT2D eigenvalue weighted by molar-refractivity contribution is -0.141. The number of aromatic nitrogens is 2. The first-order valence-electron chi connectivity index (χ1n) is 3.43. The summed E-state index contributed by atoms with van der Waals surface area (Å²) in [5, 5.41) is 13.2. The summed E-state index contributed by atoms with van der Waals surface area (Å²) >= 11 is 0. The zero-order valence-electron chi connectivity index (χ0n) is 6.67. The van der Waals surface area contributed by atoms with Crippen molar-refractivity contribution >= 4 is 12.0 Å². The monoisotopic (exact) mass is 206 g/mol. The zero-order valence-corrected chi connectivity index (χ0v) is 6.67. The fourth-order valence-electron chi connectivity index (χ4n) is 0.724. The number of aliphatic carboxylic acids is 1. The molecule has 0 bridgehead atoms. The minimum absolute atomic E-state index is 0.0836. The van der Waals surface area contributed by atoms with Crippen LogP contribution in [0.25, 0.3) is 6.08 Å². The van der Waals surface area contributed by atoms with Crippen LogP contribution in [0.5, 0.6) is 0 Å². The van der Waals surface area contributed by atoms with Crippen LogP contribution in [-0.4, -0.2) is 21.3 Å². The van der Waals surface area contributed by atoms with Crippen molar-refractivity contribution in [2.24, 2.45) is 0 Å². The molecule has 1 aromatic rings. The molecule has 1 rings (SSSR count). The van der Waals surface area contributed by atoms with Gasteiger partial charge in [-0.2, -0.15) is 18.3 Å². The van der Waals surface area contributed by atoms with Crippen molar-refractivity contribution in [3.8, 4) is 0 Å². The Labute approximate surface area is 76.1 Å². The van der Waals surface area contributed by atoms with E-state index >= 15 is 0 Å². The van der Waals surface area contributed by atoms with E-state index in [0.717, 1.165) is 12.1 Å². The maximum atomic E-state index is 12.0. The molecule has 0 aromatic carbocycles. The van der Waals surface area contributed by atoms with E-state index in [1.807, 2.05) is 0 Å². The van der Waals surface area contributed by atoms with Crippen molar-refractivity contribution < 1.29 is 23.1 Å². The lowest BCUT2D eigenvalue weighted by Crippen LogP contribution is -2.04. The van der Waals surface area contributed by atoms with Gasteiger partial charge in [0.25, 0.3) is 0 Å². The van der Waals surface area contributed by atoms with Gasteiger partial charge in [0.1, 0.15) is 5.69 Å². The van der Waals surface area contributed by atoms with Crippen LogP contribution < -0.4 is 0 Å². The molecule has 0 aliphatic carbocycles. The molecule has 0 aliphatic rings. The Morgan fingerprint density at radius 1 is 1.57 bits per heavy atom. The zero-order chi connectivity index (χ0) is 10.8. The molecular formula is C7H5F3N2O2. The molecule has 0 aliphatic heterocycles. The number of rotatable bonds is 2. The molecule has 0 saturated heterocycles. The number of halogens is 3. The number of nitrogens with one attached hydrogen (secondary N) is 1. The first-order chi connectivity index (χ1) is 6.39. The Bertz CT molecular complexity index is 367. The molecule has 0 fully saturated rings. The van der Waals surface area contributed by atoms with Crippen LogP contribution in [0, 0.1) is 0 Å². The van der Waals surface area contributed by atoms with Crippen LogP contribution >= 0.6 is 0 Å². The molecule has 0 radical (unpaired) electrons. The molecule has 1 aromatic heterocycles. The number of carboxylic acids is 1. The lowest BCUT2D eigenvalue weighted by Gasteiger charge is -1.99. The van der Waals surface area contributed by atoms with E-state index in [-0.39, 0.29) is 5.69 Å². The van der Waals surface area contributed by atoms with Gasteiger partial charge >= 0.3 is 12.1 Å². The van der Waals surface area contributed by atoms with Crippen molar-refractivity contribution in [3.63, 3.8) is 0 Å². The molecule has 4 nitrogen and oxygen atoms in total. The second-order valence-electron chi connectivity index (χ2n) is 2.38. The van der Waals surface area contributed by atoms with Crippen molar-refractivity contribution in [1.29, 1.82) is 0 Å². The van der Waals surface area contributed by atoms with Crippen LogP contribution in [0.15, 0.2) is 12.1 Å². The van der Waals surface area contributed by atoms with Crippen molar-refractivity contribution in [3.05, 3.63) is 23.5 Å². The second kappa shape index (κ2) is 3.52. The van der Waals surface area contributed by atoms with Gasteiger partial charge in [0.2, 0.25) is 0 Å². The Morgan fingerprint density at radius 3 is 2.64 bits per heavy atom. The number of H-pyrrole nitrogens is 1. The number of hydrogen-bond acceptors (Lipinski definition) is 2. The summed E-state index contributed by atoms with van der Waals surface area (Å²) in [6.07, 6.45) is -2.83. The van der Waals surface area contributed by atoms with Gasteiger partial charge in [-0.15, -0.1) is 0 Å². The largest absolute Gasteiger partial charge is 0.478 e. The SMILES string of the molecule is O=C(O)/C=C/c1cc(C(F)(F)F)[nH]n1. The van der Waals surface area contributed by atoms with Crippen LogP contribution in [0.1, 0.15) is 11.4 Å². The third-order valence-corrected chi connectivity index (χ3v) is 1.30. The summed E-state index contributed by atoms with van der Waals surface area (Å²) < 4.78 is 36.0. The average Bonchev–Trinajstić information content (AvgIpc) is 2.47. The van der Waals surface area contributed by atoms with Gasteiger partial charge < -0.3 is 5.11 Å². The predicted molar refractivity (Wildman–Crippen MR) is 40.3 cm³/mol. The molecule has 7 heteroatoms. The Balaban J connectivity index is 2.84. The Morgan fingerprint density at radius 2 is 2.21 bits per heavy atom. The maximum Gasteiger partial charge on any atom is 0.432 e. The highest BCUT2D eigenvalue weighted by Crippen LogP contribution is 2.27. The molecule has 1 heterocycles. The molecule has 0 spiro atoms. The molecule has 0 unspecified atom stereocenters. The van der Waals surface area contributed by atoms with Crippen molar-refractivity contribution in [2.45, 2.75) is 6.18 Å². The highest BCUT2D eigenvalue weighted by atomic mass is 19.4. The van der Waals surface area contributed by atoms with E-state index < -0.39 is 17.8 Å². The smallest absolute Gasteiger partial charge is 0.432 e. The molecule has 0 atom stereocenters. The van der Waals surface area contributed by atoms with Crippen LogP contribution in [0.2, 0.25) is 0 Å². The summed E-state index contributed by atoms with van der Waals surface area (Å²) in [6.45, 7) is 0. The minimum atomic E-state index is -4.50. The standard InChI is InChI=1S/C7H5F3N2O2/c8-7(9,10)5-3-4(11-12-5)1-2-6(13)14/h1-3H,(H,11,12)(H,13,14)/b2-1+. The van der Waals surface area contributed by atoms with Crippen LogP contribution in [0.3, 0.4) is 0 Å². The van der Waals surface area contributed by atoms with Gasteiger partial charge in [-0.3, -0.25) is 5.10 Å². The predicted octanol–water partition coefficient (Wildman–Crippen LogP) is 1.53. The van der Waals surface area contributed by atoms with Gasteiger partial charge in [-0.05, 0) is 12.1 Å². The van der Waals surface area contributed by atoms with Crippen molar-refractivity contribution in [1.82, 2.24) is 10.2 Å². The Kier molecular flexibility index (Phi) is 2.59. The fourth-order valence-corrected chi connectivity index (χ4v) is 0.724. The average molecular weight is 206 g/mol. The van der Waals surface area contributed by atoms with E-state index in [2.05, 4.69) is 5.10 Å². The van der Waals surface area contributed by atoms with E-state index in [9.17, 15) is 18.0 Å². The number of nitrogens with zero attached hydrogens (tertiary/aromatic N) is 1. The van der Waals surface area contributed by atoms with Crippen molar-refractivity contribution in [2.75, 3.05) is 0 Å². The van der Waals surface area contributed by atoms with E-state index in [4.69, 9.17) is 5.11 Å². The van der Waals surface area contributed by atoms with Gasteiger partial charge in [0.05, 0.1) is 5.69 Å². The summed E-state index contributed by atoms with van der Waals surface area (Å²) in [5.41, 5.74) is -1.10. The third-order valence-electron chi connectivity index (χ3n) is 1.30. The topological polar surface area (TPSA) is 66.0 Å². The molecule has 0 amide bonds. The van der Waals surface area contributed by atoms with Gasteiger partial charge in [-0.1, -0.05) is 0 Å². The van der Waals surface area contributed by atoms with Gasteiger partial charge in [0, 0.05) is 6.08 Å². The quantitative estimate of drug-likeness (QED) is 0.721. The highest BCUT2D eigenvalue weighted by Gasteiger charge is 2.32. The maximum absolute atomic E-state index is 12.0. The van der Waals surface area contributed by atoms with Crippen LogP contribution in [0.4, 0.5) is 13.2 Å². The minimum Gasteiger partial charge on any atom is -0.478 e. The van der Waals surface area contributed by atoms with Crippen LogP contribution in [-0.2, 0) is 11.0 Å². The third kappa shape index (κ3) is 2.61. The second-order valence-corrected chi connectivity index (χ2v) is 2.38. The summed E-state index contributed by atoms with van der Waals surface area (Å²) in [6, 6.07) is 0.722. The lowest BCUT2D eigenvalue weighted by atomic mass is 10.3. The molecule has 14 heavy (non-hydrogen) atoms. The molecule has 2 N–H and O–H groups in total. The first kappa shape index (κ1) is 10.3. The molecule has 0 saturated carbocycles.